The number of benzene rings is 2. The molecule has 0 radical (unpaired) electrons. The Kier molecular flexibility index (Phi) is 6.18. The number of rotatable bonds is 4. The maximum Gasteiger partial charge on any atom is 0.119 e. The zero-order valence-electron chi connectivity index (χ0n) is 18.1. The van der Waals surface area contributed by atoms with Gasteiger partial charge in [-0.25, -0.2) is 0 Å². The Morgan fingerprint density at radius 1 is 0.621 bits per heavy atom. The predicted molar refractivity (Wildman–Crippen MR) is 120 cm³/mol. The Labute approximate surface area is 176 Å². The number of hydrogen-bond donors (Lipinski definition) is 2. The normalized spacial score (nSPS) is 18.8. The first kappa shape index (κ1) is 20.3. The average molecular weight is 393 g/mol. The lowest BCUT2D eigenvalue weighted by Crippen LogP contribution is -2.10. The van der Waals surface area contributed by atoms with Gasteiger partial charge in [-0.2, -0.15) is 0 Å². The van der Waals surface area contributed by atoms with Crippen LogP contribution in [-0.4, -0.2) is 10.2 Å². The summed E-state index contributed by atoms with van der Waals surface area (Å²) in [6.07, 6.45) is 13.4. The third kappa shape index (κ3) is 4.17. The van der Waals surface area contributed by atoms with Gasteiger partial charge >= 0.3 is 0 Å². The maximum absolute atomic E-state index is 10.6. The van der Waals surface area contributed by atoms with E-state index in [0.717, 1.165) is 6.42 Å². The van der Waals surface area contributed by atoms with Crippen molar-refractivity contribution < 1.29 is 10.2 Å². The van der Waals surface area contributed by atoms with E-state index in [-0.39, 0.29) is 0 Å². The summed E-state index contributed by atoms with van der Waals surface area (Å²) in [6, 6.07) is 8.02. The van der Waals surface area contributed by atoms with Crippen molar-refractivity contribution in [2.45, 2.75) is 96.3 Å². The van der Waals surface area contributed by atoms with Crippen molar-refractivity contribution >= 4 is 0 Å². The summed E-state index contributed by atoms with van der Waals surface area (Å²) in [5, 5.41) is 21.2. The lowest BCUT2D eigenvalue weighted by atomic mass is 9.79. The highest BCUT2D eigenvalue weighted by Crippen LogP contribution is 2.42. The second-order valence-corrected chi connectivity index (χ2v) is 9.41. The molecule has 2 saturated carbocycles. The fraction of sp³-hybridized carbons (Fsp3) is 0.556. The largest absolute Gasteiger partial charge is 0.508 e. The van der Waals surface area contributed by atoms with E-state index in [4.69, 9.17) is 0 Å². The van der Waals surface area contributed by atoms with Crippen molar-refractivity contribution in [3.63, 3.8) is 0 Å². The van der Waals surface area contributed by atoms with Crippen LogP contribution in [0, 0.1) is 13.8 Å². The molecular formula is C27H36O2. The average Bonchev–Trinajstić information content (AvgIpc) is 2.74. The molecule has 0 atom stereocenters. The van der Waals surface area contributed by atoms with E-state index in [1.165, 1.54) is 97.6 Å². The minimum absolute atomic E-state index is 0.475. The van der Waals surface area contributed by atoms with Gasteiger partial charge in [-0.1, -0.05) is 50.7 Å². The first-order valence-corrected chi connectivity index (χ1v) is 11.7. The molecule has 2 aliphatic carbocycles. The summed E-state index contributed by atoms with van der Waals surface area (Å²) in [5.41, 5.74) is 7.53. The fourth-order valence-corrected chi connectivity index (χ4v) is 5.92. The van der Waals surface area contributed by atoms with Gasteiger partial charge in [-0.05, 0) is 92.2 Å². The highest BCUT2D eigenvalue weighted by atomic mass is 16.3. The Hall–Kier alpha value is -1.96. The van der Waals surface area contributed by atoms with Gasteiger partial charge in [-0.3, -0.25) is 0 Å². The van der Waals surface area contributed by atoms with E-state index in [0.29, 0.717) is 23.3 Å². The molecule has 0 saturated heterocycles. The monoisotopic (exact) mass is 392 g/mol. The fourth-order valence-electron chi connectivity index (χ4n) is 5.92. The number of phenols is 2. The molecule has 2 aliphatic rings. The van der Waals surface area contributed by atoms with Gasteiger partial charge < -0.3 is 10.2 Å². The summed E-state index contributed by atoms with van der Waals surface area (Å²) < 4.78 is 0. The van der Waals surface area contributed by atoms with Crippen LogP contribution in [-0.2, 0) is 6.42 Å². The van der Waals surface area contributed by atoms with Crippen molar-refractivity contribution in [1.29, 1.82) is 0 Å². The lowest BCUT2D eigenvalue weighted by molar-refractivity contribution is 0.412. The molecular weight excluding hydrogens is 356 g/mol. The minimum Gasteiger partial charge on any atom is -0.508 e. The molecule has 2 aromatic carbocycles. The lowest BCUT2D eigenvalue weighted by Gasteiger charge is -2.27. The molecule has 0 heterocycles. The zero-order valence-corrected chi connectivity index (χ0v) is 18.1. The SMILES string of the molecule is Cc1c(Cc2ccc(O)c(C3CCCCC3)c2C)ccc(O)c1C1CCCCC1. The van der Waals surface area contributed by atoms with E-state index in [1.807, 2.05) is 12.1 Å². The van der Waals surface area contributed by atoms with Crippen LogP contribution in [0.15, 0.2) is 24.3 Å². The van der Waals surface area contributed by atoms with E-state index in [1.54, 1.807) is 0 Å². The van der Waals surface area contributed by atoms with Crippen molar-refractivity contribution in [2.24, 2.45) is 0 Å². The standard InChI is InChI=1S/C27H36O2/c1-18-22(13-15-24(28)26(18)20-9-5-3-6-10-20)17-23-14-16-25(29)27(19(23)2)21-11-7-4-8-12-21/h13-16,20-21,28-29H,3-12,17H2,1-2H3. The second kappa shape index (κ2) is 8.81. The van der Waals surface area contributed by atoms with Crippen LogP contribution >= 0.6 is 0 Å². The number of aromatic hydroxyl groups is 2. The first-order valence-electron chi connectivity index (χ1n) is 11.7. The van der Waals surface area contributed by atoms with Crippen LogP contribution in [0.5, 0.6) is 11.5 Å². The molecule has 4 rings (SSSR count). The van der Waals surface area contributed by atoms with Crippen LogP contribution in [0.4, 0.5) is 0 Å². The molecule has 2 N–H and O–H groups in total. The molecule has 2 fully saturated rings. The van der Waals surface area contributed by atoms with E-state index < -0.39 is 0 Å². The molecule has 0 bridgehead atoms. The van der Waals surface area contributed by atoms with Gasteiger partial charge in [0.1, 0.15) is 11.5 Å². The van der Waals surface area contributed by atoms with Gasteiger partial charge in [0, 0.05) is 11.1 Å². The molecule has 2 nitrogen and oxygen atoms in total. The van der Waals surface area contributed by atoms with Crippen molar-refractivity contribution in [3.8, 4) is 11.5 Å². The zero-order chi connectivity index (χ0) is 20.4. The number of hydrogen-bond acceptors (Lipinski definition) is 2. The third-order valence-corrected chi connectivity index (χ3v) is 7.62. The van der Waals surface area contributed by atoms with Crippen molar-refractivity contribution in [3.05, 3.63) is 57.6 Å². The van der Waals surface area contributed by atoms with Crippen LogP contribution in [0.3, 0.4) is 0 Å². The van der Waals surface area contributed by atoms with E-state index >= 15 is 0 Å². The van der Waals surface area contributed by atoms with Gasteiger partial charge in [0.15, 0.2) is 0 Å². The van der Waals surface area contributed by atoms with Crippen LogP contribution < -0.4 is 0 Å². The molecule has 0 unspecified atom stereocenters. The van der Waals surface area contributed by atoms with Crippen LogP contribution in [0.2, 0.25) is 0 Å². The van der Waals surface area contributed by atoms with Crippen LogP contribution in [0.1, 0.15) is 109 Å². The minimum atomic E-state index is 0.475. The molecule has 0 spiro atoms. The van der Waals surface area contributed by atoms with Gasteiger partial charge in [-0.15, -0.1) is 0 Å². The highest BCUT2D eigenvalue weighted by molar-refractivity contribution is 5.51. The second-order valence-electron chi connectivity index (χ2n) is 9.41. The molecule has 29 heavy (non-hydrogen) atoms. The smallest absolute Gasteiger partial charge is 0.119 e. The summed E-state index contributed by atoms with van der Waals surface area (Å²) in [7, 11) is 0. The van der Waals surface area contributed by atoms with E-state index in [2.05, 4.69) is 26.0 Å². The van der Waals surface area contributed by atoms with Gasteiger partial charge in [0.05, 0.1) is 0 Å². The summed E-state index contributed by atoms with van der Waals surface area (Å²) >= 11 is 0. The molecule has 0 aromatic heterocycles. The first-order chi connectivity index (χ1) is 14.1. The quantitative estimate of drug-likeness (QED) is 0.569. The molecule has 2 aromatic rings. The summed E-state index contributed by atoms with van der Waals surface area (Å²) in [5.74, 6) is 1.96. The summed E-state index contributed by atoms with van der Waals surface area (Å²) in [4.78, 5) is 0. The Bertz CT molecular complexity index is 784. The predicted octanol–water partition coefficient (Wildman–Crippen LogP) is 7.40. The van der Waals surface area contributed by atoms with E-state index in [9.17, 15) is 10.2 Å². The Morgan fingerprint density at radius 3 is 1.38 bits per heavy atom. The maximum atomic E-state index is 10.6. The summed E-state index contributed by atoms with van der Waals surface area (Å²) in [6.45, 7) is 4.38. The molecule has 156 valence electrons. The molecule has 2 heteroatoms. The molecule has 0 amide bonds. The van der Waals surface area contributed by atoms with Gasteiger partial charge in [0.2, 0.25) is 0 Å². The Morgan fingerprint density at radius 2 is 1.00 bits per heavy atom. The topological polar surface area (TPSA) is 40.5 Å². The van der Waals surface area contributed by atoms with Crippen molar-refractivity contribution in [1.82, 2.24) is 0 Å². The van der Waals surface area contributed by atoms with Crippen LogP contribution in [0.25, 0.3) is 0 Å². The van der Waals surface area contributed by atoms with Gasteiger partial charge in [0.25, 0.3) is 0 Å². The van der Waals surface area contributed by atoms with Crippen molar-refractivity contribution in [2.75, 3.05) is 0 Å². The molecule has 0 aliphatic heterocycles. The number of phenolic OH excluding ortho intramolecular Hbond substituents is 2. The Balaban J connectivity index is 1.66. The highest BCUT2D eigenvalue weighted by Gasteiger charge is 2.24. The third-order valence-electron chi connectivity index (χ3n) is 7.62.